The van der Waals surface area contributed by atoms with Crippen molar-refractivity contribution in [3.8, 4) is 0 Å². The maximum Gasteiger partial charge on any atom is 0.268 e. The second-order valence-electron chi connectivity index (χ2n) is 5.79. The van der Waals surface area contributed by atoms with Gasteiger partial charge in [0.2, 0.25) is 0 Å². The minimum Gasteiger partial charge on any atom is -0.386 e. The molecule has 0 spiro atoms. The first-order chi connectivity index (χ1) is 10.6. The molecule has 22 heavy (non-hydrogen) atoms. The fraction of sp³-hybridized carbons (Fsp3) is 0.353. The summed E-state index contributed by atoms with van der Waals surface area (Å²) in [5.41, 5.74) is 1.38. The highest BCUT2D eigenvalue weighted by molar-refractivity contribution is 6.30. The lowest BCUT2D eigenvalue weighted by Crippen LogP contribution is -2.37. The van der Waals surface area contributed by atoms with Gasteiger partial charge in [-0.25, -0.2) is 0 Å². The van der Waals surface area contributed by atoms with Crippen LogP contribution < -0.4 is 5.32 Å². The van der Waals surface area contributed by atoms with Crippen LogP contribution >= 0.6 is 11.6 Å². The van der Waals surface area contributed by atoms with E-state index in [1.807, 2.05) is 22.9 Å². The molecule has 0 bridgehead atoms. The summed E-state index contributed by atoms with van der Waals surface area (Å²) in [7, 11) is 0. The predicted octanol–water partition coefficient (Wildman–Crippen LogP) is 3.33. The molecule has 0 aliphatic heterocycles. The molecule has 1 heterocycles. The number of nitrogens with zero attached hydrogens (tertiary/aromatic N) is 1. The van der Waals surface area contributed by atoms with Crippen molar-refractivity contribution in [2.75, 3.05) is 0 Å². The highest BCUT2D eigenvalue weighted by Gasteiger charge is 2.27. The van der Waals surface area contributed by atoms with Crippen molar-refractivity contribution in [3.05, 3.63) is 58.9 Å². The van der Waals surface area contributed by atoms with Gasteiger partial charge >= 0.3 is 0 Å². The van der Waals surface area contributed by atoms with Crippen LogP contribution in [0.3, 0.4) is 0 Å². The summed E-state index contributed by atoms with van der Waals surface area (Å²) in [5.74, 6) is -0.155. The minimum absolute atomic E-state index is 0.155. The fourth-order valence-electron chi connectivity index (χ4n) is 2.57. The summed E-state index contributed by atoms with van der Waals surface area (Å²) in [6, 6.07) is 10.7. The molecule has 0 saturated heterocycles. The van der Waals surface area contributed by atoms with E-state index < -0.39 is 12.1 Å². The van der Waals surface area contributed by atoms with Crippen molar-refractivity contribution in [2.24, 2.45) is 0 Å². The van der Waals surface area contributed by atoms with E-state index >= 15 is 0 Å². The molecule has 1 aromatic carbocycles. The number of nitrogens with one attached hydrogen (secondary N) is 1. The van der Waals surface area contributed by atoms with Crippen LogP contribution in [0, 0.1) is 0 Å². The predicted molar refractivity (Wildman–Crippen MR) is 86.0 cm³/mol. The van der Waals surface area contributed by atoms with Gasteiger partial charge in [0.1, 0.15) is 5.69 Å². The van der Waals surface area contributed by atoms with Crippen molar-refractivity contribution < 1.29 is 9.90 Å². The molecular formula is C17H19ClN2O2. The molecule has 2 unspecified atom stereocenters. The van der Waals surface area contributed by atoms with Crippen LogP contribution in [-0.2, 0) is 0 Å². The van der Waals surface area contributed by atoms with Crippen LogP contribution in [0.1, 0.15) is 48.0 Å². The van der Waals surface area contributed by atoms with Crippen LogP contribution in [-0.4, -0.2) is 21.6 Å². The zero-order chi connectivity index (χ0) is 15.7. The molecule has 2 atom stereocenters. The number of hydrogen-bond donors (Lipinski definition) is 2. The van der Waals surface area contributed by atoms with Crippen molar-refractivity contribution in [1.29, 1.82) is 0 Å². The number of benzene rings is 1. The number of hydrogen-bond acceptors (Lipinski definition) is 2. The Labute approximate surface area is 134 Å². The quantitative estimate of drug-likeness (QED) is 0.888. The summed E-state index contributed by atoms with van der Waals surface area (Å²) in [5, 5.41) is 13.8. The van der Waals surface area contributed by atoms with Gasteiger partial charge in [-0.05, 0) is 49.6 Å². The average Bonchev–Trinajstić information content (AvgIpc) is 3.24. The fourth-order valence-corrected chi connectivity index (χ4v) is 2.69. The minimum atomic E-state index is -0.773. The van der Waals surface area contributed by atoms with E-state index in [9.17, 15) is 9.90 Å². The number of carbonyl (C=O) groups is 1. The van der Waals surface area contributed by atoms with Crippen molar-refractivity contribution in [2.45, 2.75) is 38.0 Å². The number of halogens is 1. The molecule has 4 nitrogen and oxygen atoms in total. The summed E-state index contributed by atoms with van der Waals surface area (Å²) in [6.07, 6.45) is 3.41. The van der Waals surface area contributed by atoms with Gasteiger partial charge in [-0.1, -0.05) is 23.7 Å². The highest BCUT2D eigenvalue weighted by atomic mass is 35.5. The summed E-state index contributed by atoms with van der Waals surface area (Å²) in [6.45, 7) is 1.79. The molecule has 1 aromatic heterocycles. The number of aromatic nitrogens is 1. The van der Waals surface area contributed by atoms with E-state index in [2.05, 4.69) is 5.32 Å². The van der Waals surface area contributed by atoms with Gasteiger partial charge < -0.3 is 15.0 Å². The Kier molecular flexibility index (Phi) is 4.23. The molecule has 1 amide bonds. The number of amides is 1. The second-order valence-corrected chi connectivity index (χ2v) is 6.23. The number of aliphatic hydroxyl groups is 1. The molecule has 2 N–H and O–H groups in total. The molecule has 5 heteroatoms. The first-order valence-electron chi connectivity index (χ1n) is 7.47. The molecule has 1 aliphatic rings. The Morgan fingerprint density at radius 3 is 2.64 bits per heavy atom. The van der Waals surface area contributed by atoms with Crippen molar-refractivity contribution in [3.63, 3.8) is 0 Å². The number of carbonyl (C=O) groups excluding carboxylic acids is 1. The van der Waals surface area contributed by atoms with Gasteiger partial charge in [0.25, 0.3) is 5.91 Å². The first kappa shape index (κ1) is 15.1. The lowest BCUT2D eigenvalue weighted by atomic mass is 10.0. The van der Waals surface area contributed by atoms with E-state index in [1.54, 1.807) is 31.2 Å². The van der Waals surface area contributed by atoms with Crippen LogP contribution in [0.2, 0.25) is 5.02 Å². The molecule has 116 valence electrons. The molecule has 1 aliphatic carbocycles. The van der Waals surface area contributed by atoms with E-state index in [-0.39, 0.29) is 5.91 Å². The third-order valence-corrected chi connectivity index (χ3v) is 4.25. The van der Waals surface area contributed by atoms with Crippen molar-refractivity contribution in [1.82, 2.24) is 9.88 Å². The van der Waals surface area contributed by atoms with Gasteiger partial charge in [-0.2, -0.15) is 0 Å². The number of rotatable bonds is 5. The SMILES string of the molecule is CC(NC(=O)c1cccn1C1CC1)C(O)c1ccc(Cl)cc1. The molecular weight excluding hydrogens is 300 g/mol. The standard InChI is InChI=1S/C17H19ClN2O2/c1-11(16(21)12-4-6-13(18)7-5-12)19-17(22)15-3-2-10-20(15)14-8-9-14/h2-7,10-11,14,16,21H,8-9H2,1H3,(H,19,22). The Morgan fingerprint density at radius 2 is 2.00 bits per heavy atom. The lowest BCUT2D eigenvalue weighted by Gasteiger charge is -2.21. The van der Waals surface area contributed by atoms with Gasteiger partial charge in [0.15, 0.2) is 0 Å². The Balaban J connectivity index is 1.67. The van der Waals surface area contributed by atoms with Gasteiger partial charge in [0.05, 0.1) is 12.1 Å². The van der Waals surface area contributed by atoms with Crippen LogP contribution in [0.15, 0.2) is 42.6 Å². The highest BCUT2D eigenvalue weighted by Crippen LogP contribution is 2.36. The third kappa shape index (κ3) is 3.18. The van der Waals surface area contributed by atoms with Crippen LogP contribution in [0.4, 0.5) is 0 Å². The third-order valence-electron chi connectivity index (χ3n) is 4.00. The number of aliphatic hydroxyl groups excluding tert-OH is 1. The maximum absolute atomic E-state index is 12.4. The first-order valence-corrected chi connectivity index (χ1v) is 7.85. The summed E-state index contributed by atoms with van der Waals surface area (Å²) < 4.78 is 2.01. The van der Waals surface area contributed by atoms with Gasteiger partial charge in [-0.3, -0.25) is 4.79 Å². The Morgan fingerprint density at radius 1 is 1.32 bits per heavy atom. The van der Waals surface area contributed by atoms with Crippen LogP contribution in [0.5, 0.6) is 0 Å². The molecule has 1 saturated carbocycles. The molecule has 3 rings (SSSR count). The Hall–Kier alpha value is -1.78. The molecule has 2 aromatic rings. The summed E-state index contributed by atoms with van der Waals surface area (Å²) >= 11 is 5.85. The lowest BCUT2D eigenvalue weighted by molar-refractivity contribution is 0.0843. The maximum atomic E-state index is 12.4. The zero-order valence-electron chi connectivity index (χ0n) is 12.4. The monoisotopic (exact) mass is 318 g/mol. The molecule has 0 radical (unpaired) electrons. The average molecular weight is 319 g/mol. The van der Waals surface area contributed by atoms with Crippen molar-refractivity contribution >= 4 is 17.5 Å². The van der Waals surface area contributed by atoms with E-state index in [0.717, 1.165) is 18.4 Å². The molecule has 1 fully saturated rings. The van der Waals surface area contributed by atoms with Gasteiger partial charge in [0, 0.05) is 17.3 Å². The largest absolute Gasteiger partial charge is 0.386 e. The zero-order valence-corrected chi connectivity index (χ0v) is 13.1. The van der Waals surface area contributed by atoms with E-state index in [4.69, 9.17) is 11.6 Å². The summed E-state index contributed by atoms with van der Waals surface area (Å²) in [4.78, 5) is 12.4. The van der Waals surface area contributed by atoms with Crippen LogP contribution in [0.25, 0.3) is 0 Å². The van der Waals surface area contributed by atoms with Gasteiger partial charge in [-0.15, -0.1) is 0 Å². The van der Waals surface area contributed by atoms with E-state index in [0.29, 0.717) is 16.8 Å². The Bertz CT molecular complexity index is 662. The smallest absolute Gasteiger partial charge is 0.268 e. The topological polar surface area (TPSA) is 54.3 Å². The van der Waals surface area contributed by atoms with E-state index in [1.165, 1.54) is 0 Å². The second kappa shape index (κ2) is 6.15. The normalized spacial score (nSPS) is 17.0.